The van der Waals surface area contributed by atoms with Crippen molar-refractivity contribution in [2.45, 2.75) is 23.6 Å². The molecule has 0 aliphatic carbocycles. The van der Waals surface area contributed by atoms with Crippen LogP contribution in [-0.2, 0) is 28.6 Å². The van der Waals surface area contributed by atoms with Crippen molar-refractivity contribution in [3.05, 3.63) is 125 Å². The van der Waals surface area contributed by atoms with Crippen LogP contribution in [0.4, 0.5) is 30.9 Å². The standard InChI is InChI=1S/C32H26F2N8O4S/c33-22-15-26-27(37-16-22)25(14-19-8-6-7-13-24(19)34)40-42(26)31-38-29(35)28(30(36)39-31)41(32(43)44)17-20-9-4-5-10-21(20)18-47(45,46)23-11-2-1-3-12-23/h1-13,15-16H,14,17-18H2,(H,43,44)(H4,35,36,38,39). The second-order valence-corrected chi connectivity index (χ2v) is 12.5. The third kappa shape index (κ3) is 6.28. The third-order valence-electron chi connectivity index (χ3n) is 7.38. The van der Waals surface area contributed by atoms with Crippen molar-refractivity contribution < 1.29 is 27.1 Å². The molecule has 3 aromatic carbocycles. The Morgan fingerprint density at radius 1 is 0.872 bits per heavy atom. The molecule has 0 atom stereocenters. The molecule has 3 aromatic heterocycles. The molecule has 0 aliphatic heterocycles. The van der Waals surface area contributed by atoms with E-state index in [-0.39, 0.29) is 57.9 Å². The molecule has 0 bridgehead atoms. The van der Waals surface area contributed by atoms with Gasteiger partial charge in [0, 0.05) is 12.5 Å². The molecule has 0 radical (unpaired) electrons. The molecule has 12 nitrogen and oxygen atoms in total. The Morgan fingerprint density at radius 3 is 2.15 bits per heavy atom. The maximum absolute atomic E-state index is 14.4. The van der Waals surface area contributed by atoms with Crippen LogP contribution < -0.4 is 16.4 Å². The van der Waals surface area contributed by atoms with Crippen LogP contribution in [0.3, 0.4) is 0 Å². The number of carboxylic acid groups (broad SMARTS) is 1. The highest BCUT2D eigenvalue weighted by molar-refractivity contribution is 7.90. The molecule has 0 fully saturated rings. The monoisotopic (exact) mass is 656 g/mol. The summed E-state index contributed by atoms with van der Waals surface area (Å²) in [5.41, 5.74) is 14.1. The first-order valence-corrected chi connectivity index (χ1v) is 15.7. The van der Waals surface area contributed by atoms with Gasteiger partial charge in [-0.2, -0.15) is 19.7 Å². The van der Waals surface area contributed by atoms with Gasteiger partial charge in [0.05, 0.1) is 34.6 Å². The summed E-state index contributed by atoms with van der Waals surface area (Å²) < 4.78 is 56.1. The normalized spacial score (nSPS) is 11.5. The first-order chi connectivity index (χ1) is 22.5. The minimum atomic E-state index is -3.75. The maximum Gasteiger partial charge on any atom is 0.412 e. The topological polar surface area (TPSA) is 183 Å². The van der Waals surface area contributed by atoms with Gasteiger partial charge in [-0.25, -0.2) is 27.0 Å². The quantitative estimate of drug-likeness (QED) is 0.193. The molecule has 6 aromatic rings. The summed E-state index contributed by atoms with van der Waals surface area (Å²) in [4.78, 5) is 26.1. The van der Waals surface area contributed by atoms with Gasteiger partial charge in [-0.05, 0) is 34.9 Å². The predicted molar refractivity (Wildman–Crippen MR) is 170 cm³/mol. The number of halogens is 2. The summed E-state index contributed by atoms with van der Waals surface area (Å²) in [5, 5.41) is 14.7. The highest BCUT2D eigenvalue weighted by Crippen LogP contribution is 2.32. The minimum Gasteiger partial charge on any atom is -0.465 e. The van der Waals surface area contributed by atoms with E-state index in [0.29, 0.717) is 22.4 Å². The van der Waals surface area contributed by atoms with Gasteiger partial charge in [0.15, 0.2) is 21.5 Å². The van der Waals surface area contributed by atoms with Gasteiger partial charge in [0.25, 0.3) is 5.95 Å². The molecule has 0 saturated carbocycles. The van der Waals surface area contributed by atoms with Crippen LogP contribution in [0, 0.1) is 11.6 Å². The maximum atomic E-state index is 14.4. The summed E-state index contributed by atoms with van der Waals surface area (Å²) in [7, 11) is -3.75. The van der Waals surface area contributed by atoms with E-state index in [4.69, 9.17) is 11.5 Å². The Hall–Kier alpha value is -5.96. The number of pyridine rings is 1. The SMILES string of the molecule is Nc1nc(-n2nc(Cc3ccccc3F)c3ncc(F)cc32)nc(N)c1N(Cc1ccccc1CS(=O)(=O)c1ccccc1)C(=O)O. The molecule has 0 aliphatic rings. The van der Waals surface area contributed by atoms with Gasteiger partial charge >= 0.3 is 6.09 Å². The number of rotatable bonds is 9. The number of amides is 1. The average Bonchev–Trinajstić information content (AvgIpc) is 3.39. The molecular formula is C32H26F2N8O4S. The van der Waals surface area contributed by atoms with Crippen LogP contribution >= 0.6 is 0 Å². The molecular weight excluding hydrogens is 630 g/mol. The molecule has 15 heteroatoms. The molecule has 6 rings (SSSR count). The Labute approximate surface area is 266 Å². The molecule has 0 unspecified atom stereocenters. The molecule has 1 amide bonds. The van der Waals surface area contributed by atoms with Crippen LogP contribution in [0.15, 0.2) is 96.0 Å². The Kier molecular flexibility index (Phi) is 8.22. The van der Waals surface area contributed by atoms with E-state index in [1.165, 1.54) is 18.2 Å². The Bertz CT molecular complexity index is 2220. The predicted octanol–water partition coefficient (Wildman–Crippen LogP) is 4.90. The first kappa shape index (κ1) is 31.0. The van der Waals surface area contributed by atoms with E-state index in [1.807, 2.05) is 0 Å². The molecule has 238 valence electrons. The summed E-state index contributed by atoms with van der Waals surface area (Å²) in [6.45, 7) is -0.334. The van der Waals surface area contributed by atoms with Crippen molar-refractivity contribution >= 4 is 44.3 Å². The van der Waals surface area contributed by atoms with Crippen molar-refractivity contribution in [1.82, 2.24) is 24.7 Å². The number of sulfone groups is 1. The van der Waals surface area contributed by atoms with Crippen LogP contribution in [0.25, 0.3) is 17.0 Å². The fraction of sp³-hybridized carbons (Fsp3) is 0.0938. The fourth-order valence-electron chi connectivity index (χ4n) is 5.16. The van der Waals surface area contributed by atoms with E-state index < -0.39 is 27.6 Å². The number of hydrogen-bond acceptors (Lipinski definition) is 9. The van der Waals surface area contributed by atoms with Gasteiger partial charge in [-0.1, -0.05) is 60.7 Å². The van der Waals surface area contributed by atoms with Gasteiger partial charge < -0.3 is 16.6 Å². The zero-order valence-corrected chi connectivity index (χ0v) is 25.3. The number of anilines is 3. The van der Waals surface area contributed by atoms with Crippen LogP contribution in [0.1, 0.15) is 22.4 Å². The summed E-state index contributed by atoms with van der Waals surface area (Å²) in [5.74, 6) is -2.41. The number of nitrogens with zero attached hydrogens (tertiary/aromatic N) is 6. The van der Waals surface area contributed by atoms with E-state index in [2.05, 4.69) is 20.1 Å². The Balaban J connectivity index is 1.37. The summed E-state index contributed by atoms with van der Waals surface area (Å²) in [6, 6.07) is 21.6. The lowest BCUT2D eigenvalue weighted by atomic mass is 10.1. The summed E-state index contributed by atoms with van der Waals surface area (Å²) in [6.07, 6.45) is -0.438. The van der Waals surface area contributed by atoms with Gasteiger partial charge in [-0.15, -0.1) is 0 Å². The fourth-order valence-corrected chi connectivity index (χ4v) is 6.59. The number of hydrogen-bond donors (Lipinski definition) is 3. The largest absolute Gasteiger partial charge is 0.465 e. The van der Waals surface area contributed by atoms with E-state index in [0.717, 1.165) is 21.8 Å². The van der Waals surface area contributed by atoms with Crippen LogP contribution in [0.2, 0.25) is 0 Å². The molecule has 0 saturated heterocycles. The number of fused-ring (bicyclic) bond motifs is 1. The van der Waals surface area contributed by atoms with Crippen LogP contribution in [0.5, 0.6) is 0 Å². The lowest BCUT2D eigenvalue weighted by molar-refractivity contribution is 0.201. The average molecular weight is 657 g/mol. The Morgan fingerprint density at radius 2 is 1.49 bits per heavy atom. The number of nitrogen functional groups attached to an aromatic ring is 2. The number of benzene rings is 3. The van der Waals surface area contributed by atoms with Crippen molar-refractivity contribution in [3.8, 4) is 5.95 Å². The van der Waals surface area contributed by atoms with E-state index in [1.54, 1.807) is 60.7 Å². The number of aromatic nitrogens is 5. The molecule has 0 spiro atoms. The van der Waals surface area contributed by atoms with Crippen LogP contribution in [-0.4, -0.2) is 44.3 Å². The zero-order chi connectivity index (χ0) is 33.3. The first-order valence-electron chi connectivity index (χ1n) is 14.1. The third-order valence-corrected chi connectivity index (χ3v) is 9.06. The van der Waals surface area contributed by atoms with Crippen molar-refractivity contribution in [3.63, 3.8) is 0 Å². The molecule has 5 N–H and O–H groups in total. The smallest absolute Gasteiger partial charge is 0.412 e. The van der Waals surface area contributed by atoms with E-state index in [9.17, 15) is 27.1 Å². The van der Waals surface area contributed by atoms with Gasteiger partial charge in [0.1, 0.15) is 22.8 Å². The van der Waals surface area contributed by atoms with Crippen molar-refractivity contribution in [2.24, 2.45) is 0 Å². The second kappa shape index (κ2) is 12.4. The van der Waals surface area contributed by atoms with Crippen molar-refractivity contribution in [2.75, 3.05) is 16.4 Å². The number of nitrogens with two attached hydrogens (primary N) is 2. The second-order valence-electron chi connectivity index (χ2n) is 10.5. The lowest BCUT2D eigenvalue weighted by Gasteiger charge is -2.23. The minimum absolute atomic E-state index is 0.0179. The molecule has 47 heavy (non-hydrogen) atoms. The van der Waals surface area contributed by atoms with Gasteiger partial charge in [-0.3, -0.25) is 4.90 Å². The zero-order valence-electron chi connectivity index (χ0n) is 24.5. The molecule has 3 heterocycles. The van der Waals surface area contributed by atoms with Gasteiger partial charge in [0.2, 0.25) is 0 Å². The van der Waals surface area contributed by atoms with E-state index >= 15 is 0 Å². The number of carbonyl (C=O) groups is 1. The highest BCUT2D eigenvalue weighted by atomic mass is 32.2. The highest BCUT2D eigenvalue weighted by Gasteiger charge is 2.27. The summed E-state index contributed by atoms with van der Waals surface area (Å²) >= 11 is 0. The lowest BCUT2D eigenvalue weighted by Crippen LogP contribution is -2.31. The van der Waals surface area contributed by atoms with Crippen molar-refractivity contribution in [1.29, 1.82) is 0 Å².